The molecule has 2 heterocycles. The normalized spacial score (nSPS) is 14.8. The summed E-state index contributed by atoms with van der Waals surface area (Å²) in [6.07, 6.45) is 0. The average molecular weight is 396 g/mol. The van der Waals surface area contributed by atoms with Crippen LogP contribution in [0.25, 0.3) is 0 Å². The summed E-state index contributed by atoms with van der Waals surface area (Å²) < 4.78 is 0.930. The number of hydrogen-bond acceptors (Lipinski definition) is 5. The molecule has 1 aromatic carbocycles. The van der Waals surface area contributed by atoms with Crippen LogP contribution in [0.1, 0.15) is 9.67 Å². The summed E-state index contributed by atoms with van der Waals surface area (Å²) in [7, 11) is 0. The first-order chi connectivity index (χ1) is 11.1. The van der Waals surface area contributed by atoms with E-state index in [1.54, 1.807) is 23.1 Å². The van der Waals surface area contributed by atoms with Crippen molar-refractivity contribution in [3.8, 4) is 0 Å². The third-order valence-electron chi connectivity index (χ3n) is 3.77. The molecule has 0 N–H and O–H groups in total. The number of carbonyl (C=O) groups excluding carboxylic acids is 1. The highest BCUT2D eigenvalue weighted by molar-refractivity contribution is 9.11. The summed E-state index contributed by atoms with van der Waals surface area (Å²) in [5.74, 6) is 0.0166. The Kier molecular flexibility index (Phi) is 4.63. The predicted octanol–water partition coefficient (Wildman–Crippen LogP) is 3.38. The second kappa shape index (κ2) is 6.67. The van der Waals surface area contributed by atoms with Gasteiger partial charge in [-0.05, 0) is 34.1 Å². The topological polar surface area (TPSA) is 66.7 Å². The molecule has 1 saturated heterocycles. The van der Waals surface area contributed by atoms with Crippen LogP contribution in [0.5, 0.6) is 0 Å². The van der Waals surface area contributed by atoms with Crippen LogP contribution in [0.15, 0.2) is 40.2 Å². The zero-order chi connectivity index (χ0) is 16.4. The lowest BCUT2D eigenvalue weighted by Crippen LogP contribution is -2.48. The molecule has 1 amide bonds. The van der Waals surface area contributed by atoms with Crippen LogP contribution in [0, 0.1) is 10.1 Å². The molecule has 1 fully saturated rings. The van der Waals surface area contributed by atoms with Gasteiger partial charge in [0.1, 0.15) is 5.69 Å². The van der Waals surface area contributed by atoms with Gasteiger partial charge in [-0.15, -0.1) is 11.3 Å². The van der Waals surface area contributed by atoms with E-state index in [1.165, 1.54) is 17.4 Å². The van der Waals surface area contributed by atoms with Crippen molar-refractivity contribution < 1.29 is 9.72 Å². The van der Waals surface area contributed by atoms with E-state index in [4.69, 9.17) is 0 Å². The van der Waals surface area contributed by atoms with Crippen molar-refractivity contribution >= 4 is 44.5 Å². The first-order valence-electron chi connectivity index (χ1n) is 7.09. The number of hydrogen-bond donors (Lipinski definition) is 0. The van der Waals surface area contributed by atoms with Crippen LogP contribution in [0.3, 0.4) is 0 Å². The van der Waals surface area contributed by atoms with Gasteiger partial charge in [-0.3, -0.25) is 14.9 Å². The molecule has 2 aromatic rings. The maximum Gasteiger partial charge on any atom is 0.292 e. The number of thiophene rings is 1. The zero-order valence-corrected chi connectivity index (χ0v) is 14.5. The summed E-state index contributed by atoms with van der Waals surface area (Å²) in [5.41, 5.74) is 0.720. The second-order valence-corrected chi connectivity index (χ2v) is 7.59. The van der Waals surface area contributed by atoms with Gasteiger partial charge < -0.3 is 9.80 Å². The Morgan fingerprint density at radius 1 is 1.13 bits per heavy atom. The lowest BCUT2D eigenvalue weighted by atomic mass is 10.2. The van der Waals surface area contributed by atoms with Gasteiger partial charge in [0.05, 0.1) is 13.6 Å². The van der Waals surface area contributed by atoms with Crippen molar-refractivity contribution in [2.75, 3.05) is 31.1 Å². The molecule has 0 aliphatic carbocycles. The Hall–Kier alpha value is -1.93. The van der Waals surface area contributed by atoms with Gasteiger partial charge in [0, 0.05) is 32.2 Å². The predicted molar refractivity (Wildman–Crippen MR) is 93.2 cm³/mol. The minimum absolute atomic E-state index is 0.0166. The summed E-state index contributed by atoms with van der Waals surface area (Å²) >= 11 is 4.78. The van der Waals surface area contributed by atoms with Gasteiger partial charge in [-0.25, -0.2) is 0 Å². The van der Waals surface area contributed by atoms with Crippen molar-refractivity contribution in [3.63, 3.8) is 0 Å². The molecule has 120 valence electrons. The van der Waals surface area contributed by atoms with Gasteiger partial charge in [-0.2, -0.15) is 0 Å². The number of halogens is 1. The van der Waals surface area contributed by atoms with Crippen molar-refractivity contribution in [2.24, 2.45) is 0 Å². The Bertz CT molecular complexity index is 741. The monoisotopic (exact) mass is 395 g/mol. The fourth-order valence-electron chi connectivity index (χ4n) is 2.62. The van der Waals surface area contributed by atoms with Crippen molar-refractivity contribution in [1.29, 1.82) is 0 Å². The van der Waals surface area contributed by atoms with Crippen LogP contribution < -0.4 is 4.90 Å². The van der Waals surface area contributed by atoms with Crippen molar-refractivity contribution in [3.05, 3.63) is 55.2 Å². The van der Waals surface area contributed by atoms with Crippen molar-refractivity contribution in [1.82, 2.24) is 4.90 Å². The molecular weight excluding hydrogens is 382 g/mol. The number of carbonyl (C=O) groups is 1. The molecule has 8 heteroatoms. The first kappa shape index (κ1) is 15.9. The van der Waals surface area contributed by atoms with Crippen molar-refractivity contribution in [2.45, 2.75) is 0 Å². The second-order valence-electron chi connectivity index (χ2n) is 5.13. The summed E-state index contributed by atoms with van der Waals surface area (Å²) in [5, 5.41) is 11.1. The Balaban J connectivity index is 1.69. The third kappa shape index (κ3) is 3.37. The van der Waals surface area contributed by atoms with Crippen LogP contribution in [-0.4, -0.2) is 41.9 Å². The molecule has 0 bridgehead atoms. The maximum atomic E-state index is 12.4. The molecule has 23 heavy (non-hydrogen) atoms. The maximum absolute atomic E-state index is 12.4. The van der Waals surface area contributed by atoms with E-state index in [1.807, 2.05) is 17.0 Å². The molecule has 0 saturated carbocycles. The standard InChI is InChI=1S/C15H14BrN3O3S/c16-14-6-5-13(23-14)15(20)18-9-7-17(8-10-18)11-3-1-2-4-12(11)19(21)22/h1-6H,7-10H2. The fraction of sp³-hybridized carbons (Fsp3) is 0.267. The van der Waals surface area contributed by atoms with E-state index in [0.29, 0.717) is 36.7 Å². The Morgan fingerprint density at radius 3 is 2.43 bits per heavy atom. The number of benzene rings is 1. The highest BCUT2D eigenvalue weighted by atomic mass is 79.9. The number of amides is 1. The molecule has 6 nitrogen and oxygen atoms in total. The molecule has 1 aliphatic rings. The first-order valence-corrected chi connectivity index (χ1v) is 8.70. The smallest absolute Gasteiger partial charge is 0.292 e. The highest BCUT2D eigenvalue weighted by Crippen LogP contribution is 2.29. The van der Waals surface area contributed by atoms with Gasteiger partial charge in [0.15, 0.2) is 0 Å². The number of piperazine rings is 1. The fourth-order valence-corrected chi connectivity index (χ4v) is 3.98. The van der Waals surface area contributed by atoms with Gasteiger partial charge in [-0.1, -0.05) is 12.1 Å². The van der Waals surface area contributed by atoms with E-state index in [2.05, 4.69) is 15.9 Å². The molecular formula is C15H14BrN3O3S. The lowest BCUT2D eigenvalue weighted by Gasteiger charge is -2.35. The van der Waals surface area contributed by atoms with Gasteiger partial charge >= 0.3 is 0 Å². The molecule has 0 radical (unpaired) electrons. The summed E-state index contributed by atoms with van der Waals surface area (Å²) in [6.45, 7) is 2.28. The van der Waals surface area contributed by atoms with Gasteiger partial charge in [0.2, 0.25) is 0 Å². The number of para-hydroxylation sites is 2. The Morgan fingerprint density at radius 2 is 1.83 bits per heavy atom. The van der Waals surface area contributed by atoms with E-state index in [-0.39, 0.29) is 16.5 Å². The number of nitrogens with zero attached hydrogens (tertiary/aromatic N) is 3. The number of nitro benzene ring substituents is 1. The van der Waals surface area contributed by atoms with Crippen LogP contribution in [0.4, 0.5) is 11.4 Å². The molecule has 1 aliphatic heterocycles. The lowest BCUT2D eigenvalue weighted by molar-refractivity contribution is -0.384. The SMILES string of the molecule is O=C(c1ccc(Br)s1)N1CCN(c2ccccc2[N+](=O)[O-])CC1. The molecule has 0 atom stereocenters. The summed E-state index contributed by atoms with van der Waals surface area (Å²) in [6, 6.07) is 10.4. The van der Waals surface area contributed by atoms with E-state index in [0.717, 1.165) is 3.79 Å². The van der Waals surface area contributed by atoms with Crippen LogP contribution in [-0.2, 0) is 0 Å². The van der Waals surface area contributed by atoms with E-state index >= 15 is 0 Å². The number of anilines is 1. The van der Waals surface area contributed by atoms with Crippen LogP contribution in [0.2, 0.25) is 0 Å². The summed E-state index contributed by atoms with van der Waals surface area (Å²) in [4.78, 5) is 27.7. The van der Waals surface area contributed by atoms with Crippen LogP contribution >= 0.6 is 27.3 Å². The minimum atomic E-state index is -0.365. The minimum Gasteiger partial charge on any atom is -0.362 e. The third-order valence-corrected chi connectivity index (χ3v) is 5.38. The number of nitro groups is 1. The van der Waals surface area contributed by atoms with Gasteiger partial charge in [0.25, 0.3) is 11.6 Å². The zero-order valence-electron chi connectivity index (χ0n) is 12.1. The van der Waals surface area contributed by atoms with E-state index < -0.39 is 0 Å². The highest BCUT2D eigenvalue weighted by Gasteiger charge is 2.26. The average Bonchev–Trinajstić information content (AvgIpc) is 3.01. The quantitative estimate of drug-likeness (QED) is 0.589. The largest absolute Gasteiger partial charge is 0.362 e. The molecule has 1 aromatic heterocycles. The number of rotatable bonds is 3. The molecule has 0 unspecified atom stereocenters. The molecule has 3 rings (SSSR count). The van der Waals surface area contributed by atoms with E-state index in [9.17, 15) is 14.9 Å². The Labute approximate surface area is 145 Å². The molecule has 0 spiro atoms.